The van der Waals surface area contributed by atoms with Gasteiger partial charge in [-0.05, 0) is 43.8 Å². The van der Waals surface area contributed by atoms with Crippen molar-refractivity contribution in [2.75, 3.05) is 39.9 Å². The highest BCUT2D eigenvalue weighted by Crippen LogP contribution is 2.34. The molecule has 2 rings (SSSR count). The molecule has 0 bridgehead atoms. The lowest BCUT2D eigenvalue weighted by atomic mass is 9.74. The average molecular weight is 280 g/mol. The topological polar surface area (TPSA) is 41.6 Å². The van der Waals surface area contributed by atoms with Crippen LogP contribution in [-0.4, -0.2) is 50.7 Å². The second-order valence-corrected chi connectivity index (χ2v) is 6.56. The van der Waals surface area contributed by atoms with E-state index in [0.29, 0.717) is 18.4 Å². The SMILES string of the molecule is COCC1=CCN(C(=O)C(C)(C)C2CCCNC2)CC1. The van der Waals surface area contributed by atoms with Gasteiger partial charge in [0.15, 0.2) is 0 Å². The summed E-state index contributed by atoms with van der Waals surface area (Å²) in [5.74, 6) is 0.756. The number of hydrogen-bond donors (Lipinski definition) is 1. The highest BCUT2D eigenvalue weighted by molar-refractivity contribution is 5.82. The molecule has 0 aliphatic carbocycles. The minimum atomic E-state index is -0.264. The maximum Gasteiger partial charge on any atom is 0.228 e. The fraction of sp³-hybridized carbons (Fsp3) is 0.812. The number of piperidine rings is 1. The molecule has 114 valence electrons. The summed E-state index contributed by atoms with van der Waals surface area (Å²) < 4.78 is 5.16. The van der Waals surface area contributed by atoms with Gasteiger partial charge in [-0.1, -0.05) is 19.9 Å². The number of nitrogens with one attached hydrogen (secondary N) is 1. The molecule has 1 unspecified atom stereocenters. The summed E-state index contributed by atoms with van der Waals surface area (Å²) in [5, 5.41) is 3.42. The lowest BCUT2D eigenvalue weighted by Crippen LogP contribution is -2.50. The van der Waals surface area contributed by atoms with Gasteiger partial charge in [-0.2, -0.15) is 0 Å². The van der Waals surface area contributed by atoms with Crippen molar-refractivity contribution in [2.45, 2.75) is 33.1 Å². The zero-order valence-electron chi connectivity index (χ0n) is 13.1. The first-order valence-electron chi connectivity index (χ1n) is 7.72. The van der Waals surface area contributed by atoms with Crippen molar-refractivity contribution < 1.29 is 9.53 Å². The van der Waals surface area contributed by atoms with E-state index in [2.05, 4.69) is 25.2 Å². The Bertz CT molecular complexity index is 371. The third-order valence-corrected chi connectivity index (χ3v) is 4.79. The molecule has 1 N–H and O–H groups in total. The molecule has 1 saturated heterocycles. The molecule has 2 aliphatic heterocycles. The first kappa shape index (κ1) is 15.5. The van der Waals surface area contributed by atoms with Crippen LogP contribution in [0.5, 0.6) is 0 Å². The van der Waals surface area contributed by atoms with Gasteiger partial charge in [-0.3, -0.25) is 4.79 Å². The van der Waals surface area contributed by atoms with Gasteiger partial charge >= 0.3 is 0 Å². The Morgan fingerprint density at radius 1 is 1.55 bits per heavy atom. The van der Waals surface area contributed by atoms with Crippen LogP contribution in [0.4, 0.5) is 0 Å². The standard InChI is InChI=1S/C16H28N2O2/c1-16(2,14-5-4-8-17-11-14)15(19)18-9-6-13(7-10-18)12-20-3/h6,14,17H,4-5,7-12H2,1-3H3. The van der Waals surface area contributed by atoms with Crippen LogP contribution in [0.15, 0.2) is 11.6 Å². The van der Waals surface area contributed by atoms with E-state index in [1.54, 1.807) is 7.11 Å². The second-order valence-electron chi connectivity index (χ2n) is 6.56. The van der Waals surface area contributed by atoms with Crippen LogP contribution in [0.1, 0.15) is 33.1 Å². The monoisotopic (exact) mass is 280 g/mol. The van der Waals surface area contributed by atoms with Crippen molar-refractivity contribution in [1.29, 1.82) is 0 Å². The minimum Gasteiger partial charge on any atom is -0.380 e. The largest absolute Gasteiger partial charge is 0.380 e. The molecule has 0 aromatic carbocycles. The lowest BCUT2D eigenvalue weighted by Gasteiger charge is -2.40. The Labute approximate surface area is 122 Å². The van der Waals surface area contributed by atoms with Crippen LogP contribution < -0.4 is 5.32 Å². The molecule has 1 fully saturated rings. The quantitative estimate of drug-likeness (QED) is 0.799. The normalized spacial score (nSPS) is 24.4. The number of carbonyl (C=O) groups excluding carboxylic acids is 1. The molecule has 1 amide bonds. The number of rotatable bonds is 4. The zero-order chi connectivity index (χ0) is 14.6. The van der Waals surface area contributed by atoms with E-state index >= 15 is 0 Å². The number of ether oxygens (including phenoxy) is 1. The first-order chi connectivity index (χ1) is 9.55. The van der Waals surface area contributed by atoms with Crippen molar-refractivity contribution in [3.05, 3.63) is 11.6 Å². The van der Waals surface area contributed by atoms with Crippen molar-refractivity contribution in [2.24, 2.45) is 11.3 Å². The summed E-state index contributed by atoms with van der Waals surface area (Å²) >= 11 is 0. The van der Waals surface area contributed by atoms with Crippen LogP contribution in [0, 0.1) is 11.3 Å². The van der Waals surface area contributed by atoms with Gasteiger partial charge in [0, 0.05) is 25.6 Å². The zero-order valence-corrected chi connectivity index (χ0v) is 13.1. The van der Waals surface area contributed by atoms with Gasteiger partial charge in [0.05, 0.1) is 6.61 Å². The molecule has 2 heterocycles. The molecule has 0 saturated carbocycles. The van der Waals surface area contributed by atoms with E-state index in [0.717, 1.165) is 39.0 Å². The van der Waals surface area contributed by atoms with Crippen molar-refractivity contribution >= 4 is 5.91 Å². The molecule has 0 spiro atoms. The summed E-state index contributed by atoms with van der Waals surface area (Å²) in [6, 6.07) is 0. The first-order valence-corrected chi connectivity index (χ1v) is 7.72. The molecule has 4 nitrogen and oxygen atoms in total. The van der Waals surface area contributed by atoms with E-state index in [9.17, 15) is 4.79 Å². The third kappa shape index (κ3) is 3.41. The molecular formula is C16H28N2O2. The van der Waals surface area contributed by atoms with Gasteiger partial charge in [-0.25, -0.2) is 0 Å². The van der Waals surface area contributed by atoms with Gasteiger partial charge in [0.1, 0.15) is 0 Å². The second kappa shape index (κ2) is 6.72. The Morgan fingerprint density at radius 3 is 2.90 bits per heavy atom. The number of methoxy groups -OCH3 is 1. The van der Waals surface area contributed by atoms with E-state index in [-0.39, 0.29) is 5.41 Å². The molecule has 20 heavy (non-hydrogen) atoms. The predicted octanol–water partition coefficient (Wildman–Crippen LogP) is 1.82. The number of carbonyl (C=O) groups is 1. The molecule has 2 aliphatic rings. The Morgan fingerprint density at radius 2 is 2.35 bits per heavy atom. The van der Waals surface area contributed by atoms with Crippen LogP contribution >= 0.6 is 0 Å². The maximum atomic E-state index is 12.8. The lowest BCUT2D eigenvalue weighted by molar-refractivity contribution is -0.143. The average Bonchev–Trinajstić information content (AvgIpc) is 2.48. The van der Waals surface area contributed by atoms with Crippen molar-refractivity contribution in [3.8, 4) is 0 Å². The van der Waals surface area contributed by atoms with E-state index in [4.69, 9.17) is 4.74 Å². The van der Waals surface area contributed by atoms with Gasteiger partial charge in [0.25, 0.3) is 0 Å². The van der Waals surface area contributed by atoms with Crippen LogP contribution in [0.25, 0.3) is 0 Å². The summed E-state index contributed by atoms with van der Waals surface area (Å²) in [6.45, 7) is 8.55. The highest BCUT2D eigenvalue weighted by atomic mass is 16.5. The fourth-order valence-corrected chi connectivity index (χ4v) is 3.26. The van der Waals surface area contributed by atoms with E-state index in [1.807, 2.05) is 4.90 Å². The van der Waals surface area contributed by atoms with Gasteiger partial charge in [-0.15, -0.1) is 0 Å². The number of hydrogen-bond acceptors (Lipinski definition) is 3. The molecule has 0 aromatic heterocycles. The summed E-state index contributed by atoms with van der Waals surface area (Å²) in [4.78, 5) is 14.8. The van der Waals surface area contributed by atoms with Gasteiger partial charge < -0.3 is 15.0 Å². The Balaban J connectivity index is 1.96. The Kier molecular flexibility index (Phi) is 5.22. The van der Waals surface area contributed by atoms with Gasteiger partial charge in [0.2, 0.25) is 5.91 Å². The minimum absolute atomic E-state index is 0.264. The molecule has 0 aromatic rings. The van der Waals surface area contributed by atoms with E-state index < -0.39 is 0 Å². The van der Waals surface area contributed by atoms with Crippen LogP contribution in [0.2, 0.25) is 0 Å². The molecule has 0 radical (unpaired) electrons. The third-order valence-electron chi connectivity index (χ3n) is 4.79. The van der Waals surface area contributed by atoms with Crippen molar-refractivity contribution in [1.82, 2.24) is 10.2 Å². The molecule has 4 heteroatoms. The number of nitrogens with zero attached hydrogens (tertiary/aromatic N) is 1. The van der Waals surface area contributed by atoms with Crippen molar-refractivity contribution in [3.63, 3.8) is 0 Å². The summed E-state index contributed by atoms with van der Waals surface area (Å²) in [5.41, 5.74) is 1.05. The fourth-order valence-electron chi connectivity index (χ4n) is 3.26. The predicted molar refractivity (Wildman–Crippen MR) is 80.5 cm³/mol. The maximum absolute atomic E-state index is 12.8. The summed E-state index contributed by atoms with van der Waals surface area (Å²) in [6.07, 6.45) is 5.43. The number of amides is 1. The highest BCUT2D eigenvalue weighted by Gasteiger charge is 2.39. The van der Waals surface area contributed by atoms with Crippen LogP contribution in [-0.2, 0) is 9.53 Å². The molecular weight excluding hydrogens is 252 g/mol. The summed E-state index contributed by atoms with van der Waals surface area (Å²) in [7, 11) is 1.72. The van der Waals surface area contributed by atoms with E-state index in [1.165, 1.54) is 12.0 Å². The molecule has 1 atom stereocenters. The smallest absolute Gasteiger partial charge is 0.228 e. The van der Waals surface area contributed by atoms with Crippen LogP contribution in [0.3, 0.4) is 0 Å². The Hall–Kier alpha value is -0.870.